The summed E-state index contributed by atoms with van der Waals surface area (Å²) in [6.07, 6.45) is 1.97. The molecule has 5 nitrogen and oxygen atoms in total. The Kier molecular flexibility index (Phi) is 5.77. The highest BCUT2D eigenvalue weighted by Crippen LogP contribution is 2.21. The average molecular weight is 318 g/mol. The molecule has 1 aliphatic heterocycles. The smallest absolute Gasteiger partial charge is 0.309 e. The second-order valence-electron chi connectivity index (χ2n) is 6.33. The zero-order valence-corrected chi connectivity index (χ0v) is 14.4. The number of ether oxygens (including phenoxy) is 1. The van der Waals surface area contributed by atoms with Crippen LogP contribution in [-0.4, -0.2) is 31.1 Å². The number of nitrogens with one attached hydrogen (secondary N) is 2. The van der Waals surface area contributed by atoms with E-state index in [1.807, 2.05) is 20.8 Å². The van der Waals surface area contributed by atoms with E-state index >= 15 is 0 Å². The van der Waals surface area contributed by atoms with Crippen LogP contribution in [0.1, 0.15) is 48.1 Å². The molecule has 2 amide bonds. The average Bonchev–Trinajstić information content (AvgIpc) is 3.01. The highest BCUT2D eigenvalue weighted by Gasteiger charge is 2.21. The van der Waals surface area contributed by atoms with Crippen molar-refractivity contribution in [3.63, 3.8) is 0 Å². The fourth-order valence-electron chi connectivity index (χ4n) is 2.88. The molecule has 2 rings (SSSR count). The molecule has 5 heteroatoms. The first-order valence-electron chi connectivity index (χ1n) is 8.16. The van der Waals surface area contributed by atoms with Crippen LogP contribution in [0.25, 0.3) is 0 Å². The third-order valence-corrected chi connectivity index (χ3v) is 4.42. The molecule has 1 aromatic carbocycles. The summed E-state index contributed by atoms with van der Waals surface area (Å²) in [5.41, 5.74) is 4.54. The molecule has 23 heavy (non-hydrogen) atoms. The summed E-state index contributed by atoms with van der Waals surface area (Å²) in [6, 6.07) is 3.96. The fraction of sp³-hybridized carbons (Fsp3) is 0.556. The van der Waals surface area contributed by atoms with Crippen molar-refractivity contribution in [3.05, 3.63) is 34.4 Å². The van der Waals surface area contributed by atoms with E-state index in [1.54, 1.807) is 0 Å². The van der Waals surface area contributed by atoms with E-state index in [1.165, 1.54) is 11.1 Å². The van der Waals surface area contributed by atoms with Gasteiger partial charge in [0.25, 0.3) is 0 Å². The zero-order chi connectivity index (χ0) is 17.0. The van der Waals surface area contributed by atoms with Crippen LogP contribution >= 0.6 is 0 Å². The maximum Gasteiger partial charge on any atom is 0.309 e. The fourth-order valence-corrected chi connectivity index (χ4v) is 2.88. The van der Waals surface area contributed by atoms with Crippen molar-refractivity contribution >= 4 is 11.8 Å². The maximum atomic E-state index is 12.0. The Balaban J connectivity index is 1.91. The summed E-state index contributed by atoms with van der Waals surface area (Å²) in [4.78, 5) is 23.9. The molecule has 0 aliphatic carbocycles. The van der Waals surface area contributed by atoms with Crippen LogP contribution in [0.15, 0.2) is 12.1 Å². The molecule has 0 bridgehead atoms. The number of hydrogen-bond acceptors (Lipinski definition) is 3. The maximum absolute atomic E-state index is 12.0. The van der Waals surface area contributed by atoms with Crippen molar-refractivity contribution in [2.75, 3.05) is 13.2 Å². The lowest BCUT2D eigenvalue weighted by atomic mass is 9.96. The zero-order valence-electron chi connectivity index (χ0n) is 14.4. The lowest BCUT2D eigenvalue weighted by Gasteiger charge is -2.18. The molecular formula is C18H26N2O3. The van der Waals surface area contributed by atoms with E-state index in [2.05, 4.69) is 29.7 Å². The van der Waals surface area contributed by atoms with E-state index in [-0.39, 0.29) is 12.1 Å². The van der Waals surface area contributed by atoms with Crippen LogP contribution in [0.3, 0.4) is 0 Å². The van der Waals surface area contributed by atoms with Crippen molar-refractivity contribution < 1.29 is 14.3 Å². The number of hydrogen-bond donors (Lipinski definition) is 2. The van der Waals surface area contributed by atoms with Gasteiger partial charge in [0.05, 0.1) is 12.1 Å². The summed E-state index contributed by atoms with van der Waals surface area (Å²) in [7, 11) is 0. The molecule has 0 radical (unpaired) electrons. The first-order chi connectivity index (χ1) is 10.9. The van der Waals surface area contributed by atoms with E-state index < -0.39 is 11.8 Å². The Hall–Kier alpha value is -1.88. The van der Waals surface area contributed by atoms with E-state index in [4.69, 9.17) is 4.74 Å². The summed E-state index contributed by atoms with van der Waals surface area (Å²) in [5, 5.41) is 5.41. The molecule has 0 saturated carbocycles. The molecular weight excluding hydrogens is 292 g/mol. The molecule has 1 saturated heterocycles. The lowest BCUT2D eigenvalue weighted by molar-refractivity contribution is -0.139. The Morgan fingerprint density at radius 1 is 1.17 bits per heavy atom. The van der Waals surface area contributed by atoms with Gasteiger partial charge in [-0.25, -0.2) is 0 Å². The van der Waals surface area contributed by atoms with E-state index in [9.17, 15) is 9.59 Å². The van der Waals surface area contributed by atoms with Crippen molar-refractivity contribution in [2.45, 2.75) is 52.7 Å². The standard InChI is InChI=1S/C18H26N2O3/c1-11-8-13(3)16(9-12(11)2)14(4)20-18(22)17(21)19-10-15-6-5-7-23-15/h8-9,14-15H,5-7,10H2,1-4H3,(H,19,21)(H,20,22)/t14-,15-/m1/s1. The topological polar surface area (TPSA) is 67.4 Å². The van der Waals surface area contributed by atoms with Gasteiger partial charge in [0.15, 0.2) is 0 Å². The minimum absolute atomic E-state index is 0.0335. The van der Waals surface area contributed by atoms with Gasteiger partial charge < -0.3 is 15.4 Å². The van der Waals surface area contributed by atoms with Gasteiger partial charge in [-0.1, -0.05) is 12.1 Å². The number of benzene rings is 1. The van der Waals surface area contributed by atoms with Crippen LogP contribution in [0, 0.1) is 20.8 Å². The molecule has 0 spiro atoms. The minimum atomic E-state index is -0.604. The molecule has 126 valence electrons. The van der Waals surface area contributed by atoms with E-state index in [0.29, 0.717) is 6.54 Å². The van der Waals surface area contributed by atoms with Crippen LogP contribution in [0.2, 0.25) is 0 Å². The van der Waals surface area contributed by atoms with Gasteiger partial charge in [0, 0.05) is 13.2 Å². The van der Waals surface area contributed by atoms with Gasteiger partial charge >= 0.3 is 11.8 Å². The largest absolute Gasteiger partial charge is 0.376 e. The van der Waals surface area contributed by atoms with Gasteiger partial charge in [-0.3, -0.25) is 9.59 Å². The Labute approximate surface area is 137 Å². The summed E-state index contributed by atoms with van der Waals surface area (Å²) < 4.78 is 5.43. The predicted molar refractivity (Wildman–Crippen MR) is 89.2 cm³/mol. The Morgan fingerprint density at radius 2 is 1.87 bits per heavy atom. The second kappa shape index (κ2) is 7.59. The van der Waals surface area contributed by atoms with Crippen LogP contribution in [-0.2, 0) is 14.3 Å². The first kappa shape index (κ1) is 17.5. The molecule has 0 unspecified atom stereocenters. The summed E-state index contributed by atoms with van der Waals surface area (Å²) >= 11 is 0. The normalized spacial score (nSPS) is 18.5. The van der Waals surface area contributed by atoms with Gasteiger partial charge in [-0.2, -0.15) is 0 Å². The Morgan fingerprint density at radius 3 is 2.52 bits per heavy atom. The Bertz CT molecular complexity index is 592. The number of carbonyl (C=O) groups is 2. The molecule has 0 aromatic heterocycles. The van der Waals surface area contributed by atoms with Gasteiger partial charge in [0.2, 0.25) is 0 Å². The molecule has 1 heterocycles. The number of carbonyl (C=O) groups excluding carboxylic acids is 2. The number of rotatable bonds is 4. The van der Waals surface area contributed by atoms with Crippen LogP contribution < -0.4 is 10.6 Å². The molecule has 2 N–H and O–H groups in total. The monoisotopic (exact) mass is 318 g/mol. The van der Waals surface area contributed by atoms with Crippen molar-refractivity contribution in [2.24, 2.45) is 0 Å². The third kappa shape index (κ3) is 4.55. The molecule has 2 atom stereocenters. The molecule has 1 aromatic rings. The number of amides is 2. The second-order valence-corrected chi connectivity index (χ2v) is 6.33. The first-order valence-corrected chi connectivity index (χ1v) is 8.16. The molecule has 1 fully saturated rings. The SMILES string of the molecule is Cc1cc(C)c([C@@H](C)NC(=O)C(=O)NC[C@H]2CCCO2)cc1C. The van der Waals surface area contributed by atoms with E-state index in [0.717, 1.165) is 30.6 Å². The molecule has 1 aliphatic rings. The highest BCUT2D eigenvalue weighted by molar-refractivity contribution is 6.35. The van der Waals surface area contributed by atoms with Gasteiger partial charge in [0.1, 0.15) is 0 Å². The van der Waals surface area contributed by atoms with Crippen molar-refractivity contribution in [1.82, 2.24) is 10.6 Å². The lowest BCUT2D eigenvalue weighted by Crippen LogP contribution is -2.43. The minimum Gasteiger partial charge on any atom is -0.376 e. The third-order valence-electron chi connectivity index (χ3n) is 4.42. The van der Waals surface area contributed by atoms with Crippen LogP contribution in [0.4, 0.5) is 0 Å². The van der Waals surface area contributed by atoms with Crippen molar-refractivity contribution in [1.29, 1.82) is 0 Å². The van der Waals surface area contributed by atoms with Gasteiger partial charge in [-0.15, -0.1) is 0 Å². The summed E-state index contributed by atoms with van der Waals surface area (Å²) in [6.45, 7) is 9.14. The highest BCUT2D eigenvalue weighted by atomic mass is 16.5. The number of aryl methyl sites for hydroxylation is 3. The quantitative estimate of drug-likeness (QED) is 0.835. The predicted octanol–water partition coefficient (Wildman–Crippen LogP) is 2.08. The van der Waals surface area contributed by atoms with Crippen molar-refractivity contribution in [3.8, 4) is 0 Å². The van der Waals surface area contributed by atoms with Gasteiger partial charge in [-0.05, 0) is 62.8 Å². The van der Waals surface area contributed by atoms with Crippen LogP contribution in [0.5, 0.6) is 0 Å². The summed E-state index contributed by atoms with van der Waals surface area (Å²) in [5.74, 6) is -1.21.